The van der Waals surface area contributed by atoms with Crippen LogP contribution in [0.15, 0.2) is 72.3 Å². The van der Waals surface area contributed by atoms with Gasteiger partial charge in [-0.25, -0.2) is 4.98 Å². The van der Waals surface area contributed by atoms with E-state index < -0.39 is 52.2 Å². The summed E-state index contributed by atoms with van der Waals surface area (Å²) in [6, 6.07) is 11.4. The van der Waals surface area contributed by atoms with E-state index >= 15 is 0 Å². The first-order valence-electron chi connectivity index (χ1n) is 14.9. The number of fused-ring (bicyclic) bond motifs is 1. The van der Waals surface area contributed by atoms with Gasteiger partial charge >= 0.3 is 7.60 Å². The van der Waals surface area contributed by atoms with Gasteiger partial charge in [0.25, 0.3) is 5.56 Å². The molecule has 5 N–H and O–H groups in total. The van der Waals surface area contributed by atoms with Crippen LogP contribution < -0.4 is 10.9 Å². The van der Waals surface area contributed by atoms with Crippen LogP contribution in [0.2, 0.25) is 18.1 Å². The number of aromatic amines is 1. The molecule has 4 aromatic heterocycles. The molecule has 256 valence electrons. The van der Waals surface area contributed by atoms with Gasteiger partial charge in [-0.3, -0.25) is 39.0 Å². The van der Waals surface area contributed by atoms with Crippen molar-refractivity contribution in [2.75, 3.05) is 11.9 Å². The summed E-state index contributed by atoms with van der Waals surface area (Å²) in [5, 5.41) is 12.2. The fourth-order valence-corrected chi connectivity index (χ4v) is 6.80. The number of anilines is 1. The maximum absolute atomic E-state index is 12.7. The number of carbonyl (C=O) groups is 1. The van der Waals surface area contributed by atoms with Gasteiger partial charge in [0.1, 0.15) is 11.8 Å². The first-order chi connectivity index (χ1) is 22.0. The van der Waals surface area contributed by atoms with Crippen LogP contribution in [0, 0.1) is 5.92 Å². The number of carbonyl (C=O) groups excluding carboxylic acids is 1. The van der Waals surface area contributed by atoms with Crippen molar-refractivity contribution < 1.29 is 33.4 Å². The van der Waals surface area contributed by atoms with E-state index in [0.29, 0.717) is 0 Å². The molecule has 0 radical (unpaired) electrons. The summed E-state index contributed by atoms with van der Waals surface area (Å²) in [6.07, 6.45) is 4.70. The number of H-pyrrole nitrogens is 1. The molecule has 4 atom stereocenters. The van der Waals surface area contributed by atoms with Gasteiger partial charge in [-0.1, -0.05) is 46.8 Å². The smallest absolute Gasteiger partial charge is 0.335 e. The van der Waals surface area contributed by atoms with Crippen molar-refractivity contribution in [3.05, 3.63) is 77.9 Å². The first kappa shape index (κ1) is 37.8. The van der Waals surface area contributed by atoms with Gasteiger partial charge in [0.15, 0.2) is 25.7 Å². The summed E-state index contributed by atoms with van der Waals surface area (Å²) in [7, 11) is -7.41. The maximum atomic E-state index is 12.7. The fourth-order valence-electron chi connectivity index (χ4n) is 4.17. The number of imidazole rings is 1. The van der Waals surface area contributed by atoms with Crippen LogP contribution in [0.4, 0.5) is 5.95 Å². The molecule has 0 aliphatic carbocycles. The highest BCUT2D eigenvalue weighted by Gasteiger charge is 2.57. The lowest BCUT2D eigenvalue weighted by Crippen LogP contribution is -2.49. The quantitative estimate of drug-likeness (QED) is 0.139. The Morgan fingerprint density at radius 1 is 1.09 bits per heavy atom. The van der Waals surface area contributed by atoms with E-state index in [1.165, 1.54) is 10.9 Å². The SMILES string of the molecule is CC(C)C(=O)Nc1nc2c(ncn2[C@@H]2O[C@H](CO)[C@@H](O[Si](C)(C)C(C)(C)C)[C@H]2P(=O)(O)O)c(=O)[nH]1.c1ccncc1.c1ccncc1. The Balaban J connectivity index is 0.000000414. The molecule has 5 rings (SSSR count). The molecule has 1 fully saturated rings. The molecular weight excluding hydrogens is 645 g/mol. The number of aliphatic hydroxyl groups is 1. The molecule has 1 aliphatic heterocycles. The summed E-state index contributed by atoms with van der Waals surface area (Å²) in [5.41, 5.74) is -2.29. The van der Waals surface area contributed by atoms with Crippen molar-refractivity contribution in [2.45, 2.75) is 76.8 Å². The number of nitrogens with zero attached hydrogens (tertiary/aromatic N) is 5. The fraction of sp³-hybridized carbons (Fsp3) is 0.467. The van der Waals surface area contributed by atoms with E-state index in [-0.39, 0.29) is 34.0 Å². The molecule has 5 heterocycles. The first-order valence-corrected chi connectivity index (χ1v) is 19.5. The molecule has 0 aromatic carbocycles. The average Bonchev–Trinajstić information content (AvgIpc) is 3.60. The Morgan fingerprint density at radius 2 is 1.64 bits per heavy atom. The van der Waals surface area contributed by atoms with Crippen LogP contribution in [0.5, 0.6) is 0 Å². The lowest BCUT2D eigenvalue weighted by Gasteiger charge is -2.40. The van der Waals surface area contributed by atoms with Crippen LogP contribution in [-0.2, 0) is 18.5 Å². The monoisotopic (exact) mass is 689 g/mol. The third-order valence-corrected chi connectivity index (χ3v) is 13.5. The van der Waals surface area contributed by atoms with Crippen LogP contribution in [0.25, 0.3) is 11.2 Å². The molecule has 0 bridgehead atoms. The van der Waals surface area contributed by atoms with Crippen molar-refractivity contribution >= 4 is 38.9 Å². The average molecular weight is 690 g/mol. The number of rotatable bonds is 7. The van der Waals surface area contributed by atoms with Crippen molar-refractivity contribution in [2.24, 2.45) is 5.92 Å². The van der Waals surface area contributed by atoms with Crippen LogP contribution in [-0.4, -0.2) is 83.1 Å². The molecule has 4 aromatic rings. The maximum Gasteiger partial charge on any atom is 0.335 e. The van der Waals surface area contributed by atoms with Crippen molar-refractivity contribution in [1.82, 2.24) is 29.5 Å². The molecular formula is C30H44N7O8PSi. The Kier molecular flexibility index (Phi) is 12.9. The molecule has 1 amide bonds. The zero-order chi connectivity index (χ0) is 35.0. The number of nitrogens with one attached hydrogen (secondary N) is 2. The van der Waals surface area contributed by atoms with Crippen molar-refractivity contribution in [3.8, 4) is 0 Å². The summed E-state index contributed by atoms with van der Waals surface area (Å²) >= 11 is 0. The number of hydrogen-bond acceptors (Lipinski definition) is 10. The van der Waals surface area contributed by atoms with E-state index in [4.69, 9.17) is 9.16 Å². The number of amides is 1. The predicted molar refractivity (Wildman–Crippen MR) is 179 cm³/mol. The molecule has 1 aliphatic rings. The molecule has 0 saturated carbocycles. The van der Waals surface area contributed by atoms with Gasteiger partial charge < -0.3 is 24.1 Å². The second kappa shape index (κ2) is 16.0. The topological polar surface area (TPSA) is 215 Å². The highest BCUT2D eigenvalue weighted by Crippen LogP contribution is 2.55. The third-order valence-electron chi connectivity index (χ3n) is 7.72. The number of hydrogen-bond donors (Lipinski definition) is 5. The minimum Gasteiger partial charge on any atom is -0.410 e. The molecule has 17 heteroatoms. The third kappa shape index (κ3) is 9.93. The molecule has 0 unspecified atom stereocenters. The lowest BCUT2D eigenvalue weighted by atomic mass is 10.2. The predicted octanol–water partition coefficient (Wildman–Crippen LogP) is 3.70. The number of ether oxygens (including phenoxy) is 1. The summed E-state index contributed by atoms with van der Waals surface area (Å²) in [4.78, 5) is 63.6. The van der Waals surface area contributed by atoms with Gasteiger partial charge in [-0.2, -0.15) is 4.98 Å². The Hall–Kier alpha value is -3.63. The highest BCUT2D eigenvalue weighted by atomic mass is 31.2. The van der Waals surface area contributed by atoms with Gasteiger partial charge in [0.2, 0.25) is 11.9 Å². The Morgan fingerprint density at radius 3 is 2.04 bits per heavy atom. The zero-order valence-corrected chi connectivity index (χ0v) is 29.4. The summed E-state index contributed by atoms with van der Waals surface area (Å²) in [6.45, 7) is 12.6. The Labute approximate surface area is 274 Å². The summed E-state index contributed by atoms with van der Waals surface area (Å²) in [5.74, 6) is -0.898. The van der Waals surface area contributed by atoms with Gasteiger partial charge in [0, 0.05) is 30.7 Å². The molecule has 15 nitrogen and oxygen atoms in total. The van der Waals surface area contributed by atoms with E-state index in [2.05, 4.69) is 30.2 Å². The number of aliphatic hydroxyl groups excluding tert-OH is 1. The molecule has 1 saturated heterocycles. The van der Waals surface area contributed by atoms with E-state index in [1.54, 1.807) is 38.6 Å². The van der Waals surface area contributed by atoms with E-state index in [1.807, 2.05) is 70.3 Å². The summed E-state index contributed by atoms with van der Waals surface area (Å²) < 4.78 is 26.2. The van der Waals surface area contributed by atoms with Crippen LogP contribution >= 0.6 is 7.60 Å². The zero-order valence-electron chi connectivity index (χ0n) is 27.5. The van der Waals surface area contributed by atoms with Gasteiger partial charge in [-0.15, -0.1) is 0 Å². The van der Waals surface area contributed by atoms with Crippen molar-refractivity contribution in [3.63, 3.8) is 0 Å². The number of aromatic nitrogens is 6. The lowest BCUT2D eigenvalue weighted by molar-refractivity contribution is -0.118. The largest absolute Gasteiger partial charge is 0.410 e. The molecule has 47 heavy (non-hydrogen) atoms. The minimum absolute atomic E-state index is 0.0408. The van der Waals surface area contributed by atoms with Crippen molar-refractivity contribution in [1.29, 1.82) is 0 Å². The minimum atomic E-state index is -4.86. The van der Waals surface area contributed by atoms with Gasteiger partial charge in [-0.05, 0) is 42.4 Å². The van der Waals surface area contributed by atoms with E-state index in [0.717, 1.165) is 0 Å². The number of pyridine rings is 2. The van der Waals surface area contributed by atoms with Crippen LogP contribution in [0.3, 0.4) is 0 Å². The van der Waals surface area contributed by atoms with E-state index in [9.17, 15) is 29.0 Å². The normalized spacial score (nSPS) is 19.8. The van der Waals surface area contributed by atoms with Crippen LogP contribution in [0.1, 0.15) is 40.8 Å². The Bertz CT molecular complexity index is 1590. The highest BCUT2D eigenvalue weighted by molar-refractivity contribution is 7.52. The standard InChI is InChI=1S/C20H34N5O8PSi.2C5H5N/c1-10(2)16(27)23-19-22-15-12(17(28)24-19)21-9-25(15)18-14(34(29,30)31)13(11(8-26)32-18)33-35(6,7)20(3,4)5;2*1-2-4-6-5-3-1/h9-11,13-14,18,26H,8H2,1-7H3,(H2,29,30,31)(H2,22,23,24,27,28);2*1-5H/t11-,13-,14-,18-;;/m1../s1. The second-order valence-corrected chi connectivity index (χ2v) is 19.1. The second-order valence-electron chi connectivity index (χ2n) is 12.6. The molecule has 0 spiro atoms. The van der Waals surface area contributed by atoms with Gasteiger partial charge in [0.05, 0.1) is 19.0 Å².